The zero-order valence-corrected chi connectivity index (χ0v) is 18.2. The Hall–Kier alpha value is -3.65. The molecule has 1 aliphatic rings. The van der Waals surface area contributed by atoms with Crippen molar-refractivity contribution < 1.29 is 18.7 Å². The Balaban J connectivity index is 1.33. The minimum atomic E-state index is -0.0553. The largest absolute Gasteiger partial charge is 0.497 e. The first kappa shape index (κ1) is 20.3. The van der Waals surface area contributed by atoms with Gasteiger partial charge in [-0.25, -0.2) is 4.98 Å². The lowest BCUT2D eigenvalue weighted by molar-refractivity contribution is 0.00328. The van der Waals surface area contributed by atoms with Crippen molar-refractivity contribution in [1.82, 2.24) is 19.7 Å². The predicted molar refractivity (Wildman–Crippen MR) is 117 cm³/mol. The first-order valence-electron chi connectivity index (χ1n) is 10.5. The first-order valence-corrected chi connectivity index (χ1v) is 10.5. The van der Waals surface area contributed by atoms with Crippen molar-refractivity contribution in [2.45, 2.75) is 39.2 Å². The van der Waals surface area contributed by atoms with Crippen LogP contribution in [0.4, 0.5) is 0 Å². The molecule has 1 atom stereocenters. The summed E-state index contributed by atoms with van der Waals surface area (Å²) in [5.74, 6) is 2.51. The Labute approximate surface area is 185 Å². The molecule has 0 N–H and O–H groups in total. The third-order valence-corrected chi connectivity index (χ3v) is 5.33. The van der Waals surface area contributed by atoms with Gasteiger partial charge in [-0.2, -0.15) is 4.98 Å². The van der Waals surface area contributed by atoms with Crippen molar-refractivity contribution >= 4 is 0 Å². The summed E-state index contributed by atoms with van der Waals surface area (Å²) >= 11 is 0. The smallest absolute Gasteiger partial charge is 0.278 e. The Morgan fingerprint density at radius 2 is 1.78 bits per heavy atom. The molecule has 32 heavy (non-hydrogen) atoms. The third kappa shape index (κ3) is 3.97. The fourth-order valence-corrected chi connectivity index (χ4v) is 3.72. The van der Waals surface area contributed by atoms with Crippen LogP contribution in [0, 0.1) is 0 Å². The summed E-state index contributed by atoms with van der Waals surface area (Å²) < 4.78 is 24.6. The number of aromatic nitrogens is 4. The van der Waals surface area contributed by atoms with Gasteiger partial charge in [0.1, 0.15) is 17.6 Å². The Kier molecular flexibility index (Phi) is 5.36. The summed E-state index contributed by atoms with van der Waals surface area (Å²) in [6, 6.07) is 15.6. The van der Waals surface area contributed by atoms with E-state index in [1.807, 2.05) is 62.4 Å². The van der Waals surface area contributed by atoms with E-state index in [4.69, 9.17) is 18.7 Å². The van der Waals surface area contributed by atoms with Crippen LogP contribution < -0.4 is 9.47 Å². The molecule has 8 heteroatoms. The minimum absolute atomic E-state index is 0.0553. The molecule has 1 aliphatic heterocycles. The molecule has 0 bridgehead atoms. The number of hydrogen-bond acceptors (Lipinski definition) is 7. The fraction of sp³-hybridized carbons (Fsp3) is 0.292. The molecule has 5 rings (SSSR count). The molecule has 164 valence electrons. The average Bonchev–Trinajstić information content (AvgIpc) is 3.46. The number of rotatable bonds is 6. The number of hydrogen-bond donors (Lipinski definition) is 0. The number of nitrogens with zero attached hydrogens (tertiary/aromatic N) is 4. The molecule has 0 aliphatic carbocycles. The molecule has 1 unspecified atom stereocenters. The van der Waals surface area contributed by atoms with Crippen LogP contribution in [0.1, 0.15) is 31.2 Å². The van der Waals surface area contributed by atoms with E-state index >= 15 is 0 Å². The van der Waals surface area contributed by atoms with Gasteiger partial charge in [0.05, 0.1) is 38.4 Å². The van der Waals surface area contributed by atoms with Gasteiger partial charge in [-0.1, -0.05) is 17.3 Å². The third-order valence-electron chi connectivity index (χ3n) is 5.33. The van der Waals surface area contributed by atoms with Crippen LogP contribution in [0.2, 0.25) is 0 Å². The summed E-state index contributed by atoms with van der Waals surface area (Å²) in [6.07, 6.45) is 1.86. The monoisotopic (exact) mass is 432 g/mol. The van der Waals surface area contributed by atoms with Gasteiger partial charge in [0.25, 0.3) is 5.89 Å². The van der Waals surface area contributed by atoms with Crippen LogP contribution in [0.3, 0.4) is 0 Å². The molecule has 0 saturated heterocycles. The van der Waals surface area contributed by atoms with Gasteiger partial charge in [-0.15, -0.1) is 0 Å². The quantitative estimate of drug-likeness (QED) is 0.438. The Morgan fingerprint density at radius 3 is 2.50 bits per heavy atom. The van der Waals surface area contributed by atoms with Crippen LogP contribution >= 0.6 is 0 Å². The summed E-state index contributed by atoms with van der Waals surface area (Å²) in [6.45, 7) is 5.06. The van der Waals surface area contributed by atoms with Gasteiger partial charge in [0.15, 0.2) is 5.69 Å². The van der Waals surface area contributed by atoms with Gasteiger partial charge < -0.3 is 23.3 Å². The predicted octanol–water partition coefficient (Wildman–Crippen LogP) is 4.67. The maximum Gasteiger partial charge on any atom is 0.278 e. The molecule has 0 fully saturated rings. The molecule has 0 amide bonds. The van der Waals surface area contributed by atoms with Gasteiger partial charge in [-0.3, -0.25) is 0 Å². The molecule has 3 heterocycles. The summed E-state index contributed by atoms with van der Waals surface area (Å²) in [4.78, 5) is 9.08. The second kappa shape index (κ2) is 8.47. The highest BCUT2D eigenvalue weighted by Gasteiger charge is 2.26. The number of ether oxygens (including phenoxy) is 3. The van der Waals surface area contributed by atoms with Crippen molar-refractivity contribution in [1.29, 1.82) is 0 Å². The normalized spacial score (nSPS) is 15.6. The lowest BCUT2D eigenvalue weighted by atomic mass is 10.1. The number of imidazole rings is 1. The molecule has 0 saturated carbocycles. The maximum absolute atomic E-state index is 6.12. The number of methoxy groups -OCH3 is 1. The summed E-state index contributed by atoms with van der Waals surface area (Å²) in [5.41, 5.74) is 3.51. The van der Waals surface area contributed by atoms with Crippen molar-refractivity contribution in [3.05, 3.63) is 66.1 Å². The Morgan fingerprint density at radius 1 is 1.03 bits per heavy atom. The van der Waals surface area contributed by atoms with E-state index in [0.717, 1.165) is 28.3 Å². The van der Waals surface area contributed by atoms with Crippen LogP contribution in [0.15, 0.2) is 59.4 Å². The first-order chi connectivity index (χ1) is 15.6. The van der Waals surface area contributed by atoms with Gasteiger partial charge in [0.2, 0.25) is 5.82 Å². The van der Waals surface area contributed by atoms with Crippen molar-refractivity contribution in [2.75, 3.05) is 7.11 Å². The van der Waals surface area contributed by atoms with E-state index in [0.29, 0.717) is 30.6 Å². The topological polar surface area (TPSA) is 84.4 Å². The SMILES string of the molecule is COc1ccc(C2Cn3cnc(-c4nc(-c5ccc(OC(C)C)cc5)no4)c3CO2)cc1. The fourth-order valence-electron chi connectivity index (χ4n) is 3.72. The van der Waals surface area contributed by atoms with Gasteiger partial charge >= 0.3 is 0 Å². The maximum atomic E-state index is 6.12. The highest BCUT2D eigenvalue weighted by molar-refractivity contribution is 5.59. The zero-order valence-electron chi connectivity index (χ0n) is 18.2. The number of fused-ring (bicyclic) bond motifs is 1. The standard InChI is InChI=1S/C24H24N4O4/c1-15(2)31-19-10-6-17(7-11-19)23-26-24(32-27-23)22-20-13-30-21(12-28(20)14-25-22)16-4-8-18(29-3)9-5-16/h4-11,14-15,21H,12-13H2,1-3H3. The van der Waals surface area contributed by atoms with Crippen LogP contribution in [0.25, 0.3) is 23.0 Å². The van der Waals surface area contributed by atoms with Crippen molar-refractivity contribution in [3.63, 3.8) is 0 Å². The summed E-state index contributed by atoms with van der Waals surface area (Å²) in [7, 11) is 1.66. The summed E-state index contributed by atoms with van der Waals surface area (Å²) in [5, 5.41) is 4.13. The van der Waals surface area contributed by atoms with Crippen LogP contribution in [-0.4, -0.2) is 32.9 Å². The van der Waals surface area contributed by atoms with E-state index < -0.39 is 0 Å². The van der Waals surface area contributed by atoms with E-state index in [1.54, 1.807) is 13.4 Å². The molecule has 2 aromatic carbocycles. The lowest BCUT2D eigenvalue weighted by Gasteiger charge is -2.25. The zero-order chi connectivity index (χ0) is 22.1. The minimum Gasteiger partial charge on any atom is -0.497 e. The van der Waals surface area contributed by atoms with Crippen molar-refractivity contribution in [3.8, 4) is 34.5 Å². The molecule has 2 aromatic heterocycles. The molecular formula is C24H24N4O4. The highest BCUT2D eigenvalue weighted by Crippen LogP contribution is 2.32. The molecule has 4 aromatic rings. The molecule has 0 radical (unpaired) electrons. The van der Waals surface area contributed by atoms with Crippen LogP contribution in [0.5, 0.6) is 11.5 Å². The van der Waals surface area contributed by atoms with E-state index in [9.17, 15) is 0 Å². The van der Waals surface area contributed by atoms with Gasteiger partial charge in [0, 0.05) is 5.56 Å². The highest BCUT2D eigenvalue weighted by atomic mass is 16.5. The second-order valence-electron chi connectivity index (χ2n) is 7.88. The van der Waals surface area contributed by atoms with Crippen molar-refractivity contribution in [2.24, 2.45) is 0 Å². The van der Waals surface area contributed by atoms with E-state index in [1.165, 1.54) is 0 Å². The van der Waals surface area contributed by atoms with E-state index in [2.05, 4.69) is 19.7 Å². The molecule has 0 spiro atoms. The second-order valence-corrected chi connectivity index (χ2v) is 7.88. The van der Waals surface area contributed by atoms with Crippen LogP contribution in [-0.2, 0) is 17.9 Å². The number of benzene rings is 2. The average molecular weight is 432 g/mol. The van der Waals surface area contributed by atoms with Gasteiger partial charge in [-0.05, 0) is 55.8 Å². The molecular weight excluding hydrogens is 408 g/mol. The Bertz CT molecular complexity index is 1200. The molecule has 8 nitrogen and oxygen atoms in total. The lowest BCUT2D eigenvalue weighted by Crippen LogP contribution is -2.20. The van der Waals surface area contributed by atoms with E-state index in [-0.39, 0.29) is 12.2 Å².